The van der Waals surface area contributed by atoms with Crippen LogP contribution < -0.4 is 4.74 Å². The molecule has 1 aliphatic rings. The van der Waals surface area contributed by atoms with Gasteiger partial charge in [0.05, 0.1) is 5.56 Å². The molecule has 3 rings (SSSR count). The zero-order valence-corrected chi connectivity index (χ0v) is 14.0. The molecule has 1 aliphatic carbocycles. The number of rotatable bonds is 4. The zero-order chi connectivity index (χ0) is 18.0. The molecule has 5 heteroatoms. The molecule has 0 unspecified atom stereocenters. The van der Waals surface area contributed by atoms with E-state index in [1.807, 2.05) is 0 Å². The molecule has 0 amide bonds. The molecule has 25 heavy (non-hydrogen) atoms. The first-order chi connectivity index (χ1) is 11.8. The Kier molecular flexibility index (Phi) is 4.93. The van der Waals surface area contributed by atoms with Crippen LogP contribution in [0.15, 0.2) is 42.5 Å². The van der Waals surface area contributed by atoms with E-state index < -0.39 is 17.7 Å². The third-order valence-electron chi connectivity index (χ3n) is 4.90. The number of benzene rings is 2. The van der Waals surface area contributed by atoms with Crippen LogP contribution in [0.4, 0.5) is 13.2 Å². The maximum absolute atomic E-state index is 14.3. The number of alkyl halides is 2. The Bertz CT molecular complexity index is 720. The van der Waals surface area contributed by atoms with Crippen LogP contribution in [0.5, 0.6) is 11.5 Å². The van der Waals surface area contributed by atoms with E-state index in [9.17, 15) is 13.2 Å². The highest BCUT2D eigenvalue weighted by molar-refractivity contribution is 5.33. The van der Waals surface area contributed by atoms with Gasteiger partial charge in [0.15, 0.2) is 11.6 Å². The van der Waals surface area contributed by atoms with Gasteiger partial charge in [-0.05, 0) is 54.5 Å². The van der Waals surface area contributed by atoms with E-state index in [1.165, 1.54) is 12.1 Å². The van der Waals surface area contributed by atoms with Gasteiger partial charge >= 0.3 is 6.11 Å². The standard InChI is InChI=1S/C20H21F3O2/c1-13-2-4-14(5-3-13)15-6-8-16(9-7-15)20(22,23)25-17-10-11-19(24)18(21)12-17/h6-14,24H,2-5H2,1H3. The Labute approximate surface area is 145 Å². The van der Waals surface area contributed by atoms with Crippen molar-refractivity contribution in [2.45, 2.75) is 44.6 Å². The van der Waals surface area contributed by atoms with Crippen LogP contribution in [0.3, 0.4) is 0 Å². The minimum Gasteiger partial charge on any atom is -0.505 e. The lowest BCUT2D eigenvalue weighted by atomic mass is 9.79. The van der Waals surface area contributed by atoms with Gasteiger partial charge in [0.2, 0.25) is 0 Å². The van der Waals surface area contributed by atoms with Crippen LogP contribution in [0.1, 0.15) is 49.7 Å². The van der Waals surface area contributed by atoms with Crippen molar-refractivity contribution in [1.82, 2.24) is 0 Å². The van der Waals surface area contributed by atoms with Crippen molar-refractivity contribution in [3.63, 3.8) is 0 Å². The lowest BCUT2D eigenvalue weighted by molar-refractivity contribution is -0.185. The molecule has 2 nitrogen and oxygen atoms in total. The fraction of sp³-hybridized carbons (Fsp3) is 0.400. The van der Waals surface area contributed by atoms with E-state index in [1.54, 1.807) is 12.1 Å². The minimum atomic E-state index is -3.58. The van der Waals surface area contributed by atoms with E-state index in [4.69, 9.17) is 5.11 Å². The molecule has 0 bridgehead atoms. The maximum atomic E-state index is 14.3. The summed E-state index contributed by atoms with van der Waals surface area (Å²) >= 11 is 0. The Balaban J connectivity index is 1.72. The van der Waals surface area contributed by atoms with E-state index in [0.29, 0.717) is 5.92 Å². The Morgan fingerprint density at radius 3 is 2.24 bits per heavy atom. The highest BCUT2D eigenvalue weighted by atomic mass is 19.3. The molecule has 0 heterocycles. The molecular formula is C20H21F3O2. The number of aromatic hydroxyl groups is 1. The number of phenolic OH excluding ortho intramolecular Hbond substituents is 1. The molecule has 0 radical (unpaired) electrons. The zero-order valence-electron chi connectivity index (χ0n) is 14.0. The van der Waals surface area contributed by atoms with Gasteiger partial charge in [-0.3, -0.25) is 0 Å². The van der Waals surface area contributed by atoms with Crippen LogP contribution in [0.25, 0.3) is 0 Å². The summed E-state index contributed by atoms with van der Waals surface area (Å²) in [4.78, 5) is 0. The predicted octanol–water partition coefficient (Wildman–Crippen LogP) is 5.95. The molecule has 1 fully saturated rings. The van der Waals surface area contributed by atoms with Crippen LogP contribution in [-0.2, 0) is 6.11 Å². The van der Waals surface area contributed by atoms with E-state index in [0.717, 1.165) is 55.4 Å². The van der Waals surface area contributed by atoms with Crippen molar-refractivity contribution in [2.75, 3.05) is 0 Å². The van der Waals surface area contributed by atoms with Gasteiger partial charge in [0.25, 0.3) is 0 Å². The molecule has 0 saturated heterocycles. The summed E-state index contributed by atoms with van der Waals surface area (Å²) in [6, 6.07) is 9.00. The lowest BCUT2D eigenvalue weighted by Crippen LogP contribution is -2.22. The molecule has 0 aliphatic heterocycles. The molecule has 2 aromatic carbocycles. The molecule has 0 atom stereocenters. The van der Waals surface area contributed by atoms with Crippen molar-refractivity contribution in [3.05, 3.63) is 59.4 Å². The van der Waals surface area contributed by atoms with Crippen LogP contribution in [-0.4, -0.2) is 5.11 Å². The minimum absolute atomic E-state index is 0.283. The largest absolute Gasteiger partial charge is 0.505 e. The van der Waals surface area contributed by atoms with Crippen molar-refractivity contribution >= 4 is 0 Å². The van der Waals surface area contributed by atoms with Crippen molar-refractivity contribution in [3.8, 4) is 11.5 Å². The molecule has 2 aromatic rings. The van der Waals surface area contributed by atoms with E-state index in [-0.39, 0.29) is 11.3 Å². The van der Waals surface area contributed by atoms with Gasteiger partial charge in [-0.15, -0.1) is 0 Å². The van der Waals surface area contributed by atoms with Gasteiger partial charge < -0.3 is 9.84 Å². The van der Waals surface area contributed by atoms with E-state index in [2.05, 4.69) is 11.7 Å². The van der Waals surface area contributed by atoms with E-state index >= 15 is 0 Å². The maximum Gasteiger partial charge on any atom is 0.426 e. The van der Waals surface area contributed by atoms with Crippen molar-refractivity contribution in [1.29, 1.82) is 0 Å². The first kappa shape index (κ1) is 17.6. The smallest absolute Gasteiger partial charge is 0.426 e. The fourth-order valence-electron chi connectivity index (χ4n) is 3.30. The van der Waals surface area contributed by atoms with Gasteiger partial charge in [-0.25, -0.2) is 4.39 Å². The third-order valence-corrected chi connectivity index (χ3v) is 4.90. The second kappa shape index (κ2) is 6.98. The summed E-state index contributed by atoms with van der Waals surface area (Å²) in [6.45, 7) is 2.24. The summed E-state index contributed by atoms with van der Waals surface area (Å²) in [5.74, 6) is -0.799. The second-order valence-corrected chi connectivity index (χ2v) is 6.81. The second-order valence-electron chi connectivity index (χ2n) is 6.81. The number of phenols is 1. The molecule has 1 saturated carbocycles. The molecule has 0 spiro atoms. The van der Waals surface area contributed by atoms with Crippen LogP contribution in [0.2, 0.25) is 0 Å². The fourth-order valence-corrected chi connectivity index (χ4v) is 3.30. The summed E-state index contributed by atoms with van der Waals surface area (Å²) in [5, 5.41) is 9.11. The van der Waals surface area contributed by atoms with Crippen molar-refractivity contribution < 1.29 is 23.0 Å². The first-order valence-corrected chi connectivity index (χ1v) is 8.51. The number of hydrogen-bond acceptors (Lipinski definition) is 2. The van der Waals surface area contributed by atoms with Crippen LogP contribution >= 0.6 is 0 Å². The summed E-state index contributed by atoms with van der Waals surface area (Å²) in [7, 11) is 0. The Morgan fingerprint density at radius 2 is 1.64 bits per heavy atom. The highest BCUT2D eigenvalue weighted by Gasteiger charge is 2.35. The average Bonchev–Trinajstić information content (AvgIpc) is 2.59. The number of hydrogen-bond donors (Lipinski definition) is 1. The first-order valence-electron chi connectivity index (χ1n) is 8.51. The summed E-state index contributed by atoms with van der Waals surface area (Å²) in [6.07, 6.45) is 0.916. The molecule has 134 valence electrons. The van der Waals surface area contributed by atoms with Gasteiger partial charge in [-0.1, -0.05) is 31.9 Å². The topological polar surface area (TPSA) is 29.5 Å². The lowest BCUT2D eigenvalue weighted by Gasteiger charge is -2.27. The Morgan fingerprint density at radius 1 is 1.00 bits per heavy atom. The number of ether oxygens (including phenoxy) is 1. The summed E-state index contributed by atoms with van der Waals surface area (Å²) < 4.78 is 46.5. The normalized spacial score (nSPS) is 21.1. The molecule has 0 aromatic heterocycles. The molecular weight excluding hydrogens is 329 g/mol. The predicted molar refractivity (Wildman–Crippen MR) is 89.4 cm³/mol. The third kappa shape index (κ3) is 4.09. The Hall–Kier alpha value is -2.17. The number of halogens is 3. The van der Waals surface area contributed by atoms with Crippen molar-refractivity contribution in [2.24, 2.45) is 5.92 Å². The monoisotopic (exact) mass is 350 g/mol. The van der Waals surface area contributed by atoms with Gasteiger partial charge in [-0.2, -0.15) is 8.78 Å². The van der Waals surface area contributed by atoms with Gasteiger partial charge in [0.1, 0.15) is 5.75 Å². The average molecular weight is 350 g/mol. The van der Waals surface area contributed by atoms with Gasteiger partial charge in [0, 0.05) is 6.07 Å². The SMILES string of the molecule is CC1CCC(c2ccc(C(F)(F)Oc3ccc(O)c(F)c3)cc2)CC1. The quantitative estimate of drug-likeness (QED) is 0.738. The highest BCUT2D eigenvalue weighted by Crippen LogP contribution is 2.37. The summed E-state index contributed by atoms with van der Waals surface area (Å²) in [5.41, 5.74) is 0.788. The van der Waals surface area contributed by atoms with Crippen LogP contribution in [0, 0.1) is 11.7 Å². The molecule has 1 N–H and O–H groups in total.